The van der Waals surface area contributed by atoms with Gasteiger partial charge in [0.2, 0.25) is 0 Å². The van der Waals surface area contributed by atoms with Crippen molar-refractivity contribution in [2.45, 2.75) is 38.8 Å². The third-order valence-electron chi connectivity index (χ3n) is 3.49. The molecule has 0 atom stereocenters. The molecule has 0 radical (unpaired) electrons. The SMILES string of the molecule is CCc1nc(N2CCC(OC)CC2)sc1CNC. The van der Waals surface area contributed by atoms with Crippen molar-refractivity contribution in [3.8, 4) is 0 Å². The van der Waals surface area contributed by atoms with E-state index in [1.165, 1.54) is 15.7 Å². The van der Waals surface area contributed by atoms with Gasteiger partial charge in [0.05, 0.1) is 11.8 Å². The van der Waals surface area contributed by atoms with Crippen LogP contribution in [0, 0.1) is 0 Å². The Labute approximate surface area is 113 Å². The molecule has 102 valence electrons. The summed E-state index contributed by atoms with van der Waals surface area (Å²) in [6, 6.07) is 0. The molecule has 0 saturated carbocycles. The molecule has 4 nitrogen and oxygen atoms in total. The van der Waals surface area contributed by atoms with E-state index in [9.17, 15) is 0 Å². The molecule has 0 unspecified atom stereocenters. The van der Waals surface area contributed by atoms with Crippen LogP contribution in [0.5, 0.6) is 0 Å². The third-order valence-corrected chi connectivity index (χ3v) is 4.64. The van der Waals surface area contributed by atoms with Crippen molar-refractivity contribution in [1.29, 1.82) is 0 Å². The highest BCUT2D eigenvalue weighted by molar-refractivity contribution is 7.15. The van der Waals surface area contributed by atoms with E-state index in [2.05, 4.69) is 17.1 Å². The second kappa shape index (κ2) is 6.50. The van der Waals surface area contributed by atoms with Gasteiger partial charge in [-0.05, 0) is 26.3 Å². The van der Waals surface area contributed by atoms with Crippen LogP contribution in [0.25, 0.3) is 0 Å². The van der Waals surface area contributed by atoms with Gasteiger partial charge in [0.25, 0.3) is 0 Å². The van der Waals surface area contributed by atoms with Crippen molar-refractivity contribution in [2.24, 2.45) is 0 Å². The zero-order valence-corrected chi connectivity index (χ0v) is 12.3. The molecule has 2 heterocycles. The van der Waals surface area contributed by atoms with Gasteiger partial charge in [-0.2, -0.15) is 0 Å². The predicted octanol–water partition coefficient (Wildman–Crippen LogP) is 2.04. The zero-order chi connectivity index (χ0) is 13.0. The van der Waals surface area contributed by atoms with Crippen LogP contribution in [0.15, 0.2) is 0 Å². The molecule has 1 aromatic heterocycles. The first kappa shape index (κ1) is 13.8. The largest absolute Gasteiger partial charge is 0.381 e. The van der Waals surface area contributed by atoms with E-state index in [1.807, 2.05) is 25.5 Å². The van der Waals surface area contributed by atoms with E-state index < -0.39 is 0 Å². The Bertz CT molecular complexity index is 372. The molecule has 5 heteroatoms. The molecule has 1 N–H and O–H groups in total. The fraction of sp³-hybridized carbons (Fsp3) is 0.769. The first-order valence-corrected chi connectivity index (χ1v) is 7.51. The topological polar surface area (TPSA) is 37.4 Å². The van der Waals surface area contributed by atoms with Gasteiger partial charge in [-0.3, -0.25) is 0 Å². The fourth-order valence-electron chi connectivity index (χ4n) is 2.36. The lowest BCUT2D eigenvalue weighted by atomic mass is 10.1. The Morgan fingerprint density at radius 1 is 1.44 bits per heavy atom. The molecule has 2 rings (SSSR count). The number of ether oxygens (including phenoxy) is 1. The molecule has 1 aliphatic rings. The molecule has 0 bridgehead atoms. The zero-order valence-electron chi connectivity index (χ0n) is 11.5. The first-order valence-electron chi connectivity index (χ1n) is 6.69. The maximum absolute atomic E-state index is 5.41. The van der Waals surface area contributed by atoms with Gasteiger partial charge in [0, 0.05) is 31.6 Å². The summed E-state index contributed by atoms with van der Waals surface area (Å²) in [7, 11) is 3.80. The minimum Gasteiger partial charge on any atom is -0.381 e. The number of rotatable bonds is 5. The van der Waals surface area contributed by atoms with Crippen molar-refractivity contribution in [2.75, 3.05) is 32.1 Å². The number of nitrogens with zero attached hydrogens (tertiary/aromatic N) is 2. The third kappa shape index (κ3) is 3.02. The Morgan fingerprint density at radius 3 is 2.72 bits per heavy atom. The predicted molar refractivity (Wildman–Crippen MR) is 76.5 cm³/mol. The van der Waals surface area contributed by atoms with Crippen LogP contribution in [0.1, 0.15) is 30.3 Å². The summed E-state index contributed by atoms with van der Waals surface area (Å²) in [5.74, 6) is 0. The van der Waals surface area contributed by atoms with Gasteiger partial charge >= 0.3 is 0 Å². The number of anilines is 1. The Morgan fingerprint density at radius 2 is 2.17 bits per heavy atom. The van der Waals surface area contributed by atoms with Crippen molar-refractivity contribution in [1.82, 2.24) is 10.3 Å². The number of thiazole rings is 1. The number of piperidine rings is 1. The molecule has 1 saturated heterocycles. The summed E-state index contributed by atoms with van der Waals surface area (Å²) >= 11 is 1.84. The number of aryl methyl sites for hydroxylation is 1. The molecular formula is C13H23N3OS. The summed E-state index contributed by atoms with van der Waals surface area (Å²) in [6.07, 6.45) is 3.67. The van der Waals surface area contributed by atoms with Gasteiger partial charge < -0.3 is 15.0 Å². The number of aromatic nitrogens is 1. The van der Waals surface area contributed by atoms with Crippen molar-refractivity contribution in [3.63, 3.8) is 0 Å². The quantitative estimate of drug-likeness (QED) is 0.887. The molecule has 1 fully saturated rings. The highest BCUT2D eigenvalue weighted by Gasteiger charge is 2.22. The van der Waals surface area contributed by atoms with Gasteiger partial charge in [0.1, 0.15) is 0 Å². The highest BCUT2D eigenvalue weighted by Crippen LogP contribution is 2.29. The van der Waals surface area contributed by atoms with Crippen molar-refractivity contribution >= 4 is 16.5 Å². The van der Waals surface area contributed by atoms with E-state index in [-0.39, 0.29) is 0 Å². The van der Waals surface area contributed by atoms with Crippen LogP contribution in [0.2, 0.25) is 0 Å². The van der Waals surface area contributed by atoms with Gasteiger partial charge in [-0.25, -0.2) is 4.98 Å². The summed E-state index contributed by atoms with van der Waals surface area (Å²) < 4.78 is 5.41. The molecule has 18 heavy (non-hydrogen) atoms. The number of nitrogens with one attached hydrogen (secondary N) is 1. The summed E-state index contributed by atoms with van der Waals surface area (Å²) in [5.41, 5.74) is 1.25. The first-order chi connectivity index (χ1) is 8.78. The number of methoxy groups -OCH3 is 1. The Hall–Kier alpha value is -0.650. The summed E-state index contributed by atoms with van der Waals surface area (Å²) in [6.45, 7) is 5.23. The van der Waals surface area contributed by atoms with E-state index in [0.29, 0.717) is 6.10 Å². The van der Waals surface area contributed by atoms with E-state index in [0.717, 1.165) is 38.9 Å². The molecule has 0 spiro atoms. The molecule has 0 aliphatic carbocycles. The molecular weight excluding hydrogens is 246 g/mol. The van der Waals surface area contributed by atoms with Crippen LogP contribution >= 0.6 is 11.3 Å². The smallest absolute Gasteiger partial charge is 0.185 e. The maximum atomic E-state index is 5.41. The van der Waals surface area contributed by atoms with Crippen LogP contribution in [-0.2, 0) is 17.7 Å². The molecule has 0 amide bonds. The van der Waals surface area contributed by atoms with Crippen molar-refractivity contribution < 1.29 is 4.74 Å². The van der Waals surface area contributed by atoms with E-state index >= 15 is 0 Å². The fourth-order valence-corrected chi connectivity index (χ4v) is 3.57. The number of hydrogen-bond donors (Lipinski definition) is 1. The molecule has 1 aromatic rings. The minimum atomic E-state index is 0.434. The average molecular weight is 269 g/mol. The Kier molecular flexibility index (Phi) is 4.97. The van der Waals surface area contributed by atoms with Crippen LogP contribution in [-0.4, -0.2) is 38.3 Å². The second-order valence-corrected chi connectivity index (χ2v) is 5.73. The number of hydrogen-bond acceptors (Lipinski definition) is 5. The van der Waals surface area contributed by atoms with Gasteiger partial charge in [-0.15, -0.1) is 11.3 Å². The summed E-state index contributed by atoms with van der Waals surface area (Å²) in [4.78, 5) is 8.57. The lowest BCUT2D eigenvalue weighted by Gasteiger charge is -2.30. The minimum absolute atomic E-state index is 0.434. The molecule has 0 aromatic carbocycles. The monoisotopic (exact) mass is 269 g/mol. The van der Waals surface area contributed by atoms with Gasteiger partial charge in [-0.1, -0.05) is 6.92 Å². The Balaban J connectivity index is 2.05. The second-order valence-electron chi connectivity index (χ2n) is 4.67. The standard InChI is InChI=1S/C13H23N3OS/c1-4-11-12(9-14-2)18-13(15-11)16-7-5-10(17-3)6-8-16/h10,14H,4-9H2,1-3H3. The van der Waals surface area contributed by atoms with E-state index in [1.54, 1.807) is 0 Å². The summed E-state index contributed by atoms with van der Waals surface area (Å²) in [5, 5.41) is 4.41. The van der Waals surface area contributed by atoms with Crippen LogP contribution in [0.4, 0.5) is 5.13 Å². The lowest BCUT2D eigenvalue weighted by Crippen LogP contribution is -2.36. The van der Waals surface area contributed by atoms with Crippen molar-refractivity contribution in [3.05, 3.63) is 10.6 Å². The van der Waals surface area contributed by atoms with Gasteiger partial charge in [0.15, 0.2) is 5.13 Å². The normalized spacial score (nSPS) is 17.4. The maximum Gasteiger partial charge on any atom is 0.185 e. The van der Waals surface area contributed by atoms with Crippen LogP contribution in [0.3, 0.4) is 0 Å². The van der Waals surface area contributed by atoms with E-state index in [4.69, 9.17) is 9.72 Å². The average Bonchev–Trinajstić information content (AvgIpc) is 2.82. The lowest BCUT2D eigenvalue weighted by molar-refractivity contribution is 0.0819. The van der Waals surface area contributed by atoms with Crippen LogP contribution < -0.4 is 10.2 Å². The highest BCUT2D eigenvalue weighted by atomic mass is 32.1. The molecule has 1 aliphatic heterocycles.